The van der Waals surface area contributed by atoms with Crippen LogP contribution in [0.5, 0.6) is 5.75 Å². The van der Waals surface area contributed by atoms with E-state index in [1.165, 1.54) is 6.07 Å². The second kappa shape index (κ2) is 11.1. The Morgan fingerprint density at radius 2 is 1.80 bits per heavy atom. The third-order valence-corrected chi connectivity index (χ3v) is 6.14. The van der Waals surface area contributed by atoms with Gasteiger partial charge in [0.25, 0.3) is 0 Å². The van der Waals surface area contributed by atoms with Crippen LogP contribution in [-0.4, -0.2) is 33.5 Å². The van der Waals surface area contributed by atoms with Crippen molar-refractivity contribution in [2.45, 2.75) is 51.5 Å². The number of aryl methyl sites for hydroxylation is 1. The molecule has 0 radical (unpaired) electrons. The van der Waals surface area contributed by atoms with Crippen LogP contribution in [0.15, 0.2) is 53.4 Å². The number of amides is 1. The molecule has 164 valence electrons. The average Bonchev–Trinajstić information content (AvgIpc) is 2.69. The van der Waals surface area contributed by atoms with Crippen LogP contribution in [0.4, 0.5) is 0 Å². The first-order chi connectivity index (χ1) is 14.2. The molecule has 0 bridgehead atoms. The molecule has 1 atom stereocenters. The fourth-order valence-corrected chi connectivity index (χ4v) is 4.29. The van der Waals surface area contributed by atoms with Crippen LogP contribution in [0.25, 0.3) is 0 Å². The number of carbonyl (C=O) groups is 1. The summed E-state index contributed by atoms with van der Waals surface area (Å²) in [5.74, 6) is 0.760. The second-order valence-corrected chi connectivity index (χ2v) is 9.41. The zero-order chi connectivity index (χ0) is 22.1. The number of hydrogen-bond donors (Lipinski definition) is 2. The summed E-state index contributed by atoms with van der Waals surface area (Å²) >= 11 is 0. The van der Waals surface area contributed by atoms with E-state index in [9.17, 15) is 13.2 Å². The Kier molecular flexibility index (Phi) is 8.87. The van der Waals surface area contributed by atoms with Gasteiger partial charge in [0.05, 0.1) is 11.5 Å². The van der Waals surface area contributed by atoms with Crippen molar-refractivity contribution in [2.24, 2.45) is 5.92 Å². The van der Waals surface area contributed by atoms with Crippen LogP contribution >= 0.6 is 0 Å². The molecule has 2 N–H and O–H groups in total. The molecule has 0 unspecified atom stereocenters. The van der Waals surface area contributed by atoms with Crippen molar-refractivity contribution in [3.05, 3.63) is 59.7 Å². The molecule has 0 saturated carbocycles. The van der Waals surface area contributed by atoms with Gasteiger partial charge in [-0.1, -0.05) is 44.2 Å². The number of benzene rings is 2. The molecule has 0 saturated heterocycles. The molecular formula is C23H32N2O4S. The van der Waals surface area contributed by atoms with Crippen molar-refractivity contribution in [2.75, 3.05) is 13.2 Å². The summed E-state index contributed by atoms with van der Waals surface area (Å²) in [6.45, 7) is 8.82. The number of ether oxygens (including phenoxy) is 1. The monoisotopic (exact) mass is 432 g/mol. The fraction of sp³-hybridized carbons (Fsp3) is 0.435. The molecule has 1 amide bonds. The van der Waals surface area contributed by atoms with Gasteiger partial charge in [-0.3, -0.25) is 4.79 Å². The van der Waals surface area contributed by atoms with Crippen LogP contribution in [0.3, 0.4) is 0 Å². The van der Waals surface area contributed by atoms with Gasteiger partial charge in [-0.2, -0.15) is 4.72 Å². The maximum Gasteiger partial charge on any atom is 0.241 e. The molecule has 0 aromatic heterocycles. The predicted octanol–water partition coefficient (Wildman–Crippen LogP) is 3.45. The lowest BCUT2D eigenvalue weighted by Gasteiger charge is -2.19. The van der Waals surface area contributed by atoms with Crippen molar-refractivity contribution in [3.63, 3.8) is 0 Å². The van der Waals surface area contributed by atoms with Gasteiger partial charge in [0, 0.05) is 6.54 Å². The zero-order valence-corrected chi connectivity index (χ0v) is 19.0. The van der Waals surface area contributed by atoms with E-state index in [0.29, 0.717) is 24.8 Å². The SMILES string of the molecule is CCOc1ccc(S(=O)(=O)N[C@H](Cc2ccccc2)C(=O)NCCC(C)C)cc1C. The molecule has 2 rings (SSSR count). The van der Waals surface area contributed by atoms with Gasteiger partial charge in [-0.15, -0.1) is 0 Å². The molecule has 6 nitrogen and oxygen atoms in total. The average molecular weight is 433 g/mol. The third-order valence-electron chi connectivity index (χ3n) is 4.67. The molecule has 2 aromatic rings. The Morgan fingerprint density at radius 3 is 2.40 bits per heavy atom. The maximum atomic E-state index is 13.0. The number of hydrogen-bond acceptors (Lipinski definition) is 4. The van der Waals surface area contributed by atoms with Crippen molar-refractivity contribution < 1.29 is 17.9 Å². The molecule has 0 aliphatic rings. The highest BCUT2D eigenvalue weighted by Gasteiger charge is 2.26. The second-order valence-electron chi connectivity index (χ2n) is 7.70. The molecule has 0 heterocycles. The van der Waals surface area contributed by atoms with E-state index in [0.717, 1.165) is 17.5 Å². The first-order valence-electron chi connectivity index (χ1n) is 10.3. The lowest BCUT2D eigenvalue weighted by molar-refractivity contribution is -0.122. The topological polar surface area (TPSA) is 84.5 Å². The molecule has 0 spiro atoms. The quantitative estimate of drug-likeness (QED) is 0.570. The highest BCUT2D eigenvalue weighted by atomic mass is 32.2. The normalized spacial score (nSPS) is 12.6. The predicted molar refractivity (Wildman–Crippen MR) is 119 cm³/mol. The van der Waals surface area contributed by atoms with E-state index in [2.05, 4.69) is 23.9 Å². The summed E-state index contributed by atoms with van der Waals surface area (Å²) in [4.78, 5) is 12.9. The lowest BCUT2D eigenvalue weighted by Crippen LogP contribution is -2.48. The van der Waals surface area contributed by atoms with Gasteiger partial charge in [-0.05, 0) is 61.9 Å². The zero-order valence-electron chi connectivity index (χ0n) is 18.1. The van der Waals surface area contributed by atoms with Crippen molar-refractivity contribution in [1.29, 1.82) is 0 Å². The Balaban J connectivity index is 2.22. The molecule has 0 aliphatic heterocycles. The van der Waals surface area contributed by atoms with E-state index in [-0.39, 0.29) is 17.2 Å². The Bertz CT molecular complexity index is 927. The summed E-state index contributed by atoms with van der Waals surface area (Å²) in [6.07, 6.45) is 1.10. The van der Waals surface area contributed by atoms with Crippen LogP contribution in [0, 0.1) is 12.8 Å². The molecular weight excluding hydrogens is 400 g/mol. The Labute approximate surface area is 180 Å². The number of carbonyl (C=O) groups excluding carboxylic acids is 1. The lowest BCUT2D eigenvalue weighted by atomic mass is 10.1. The minimum atomic E-state index is -3.89. The Hall–Kier alpha value is -2.38. The van der Waals surface area contributed by atoms with Gasteiger partial charge in [0.2, 0.25) is 15.9 Å². The van der Waals surface area contributed by atoms with Crippen molar-refractivity contribution >= 4 is 15.9 Å². The number of rotatable bonds is 11. The summed E-state index contributed by atoms with van der Waals surface area (Å²) in [5.41, 5.74) is 1.60. The third kappa shape index (κ3) is 7.15. The van der Waals surface area contributed by atoms with Gasteiger partial charge in [0.1, 0.15) is 11.8 Å². The van der Waals surface area contributed by atoms with E-state index in [4.69, 9.17) is 4.74 Å². The van der Waals surface area contributed by atoms with Gasteiger partial charge in [0.15, 0.2) is 0 Å². The minimum Gasteiger partial charge on any atom is -0.494 e. The largest absolute Gasteiger partial charge is 0.494 e. The van der Waals surface area contributed by atoms with Crippen LogP contribution < -0.4 is 14.8 Å². The van der Waals surface area contributed by atoms with E-state index >= 15 is 0 Å². The van der Waals surface area contributed by atoms with E-state index in [1.807, 2.05) is 37.3 Å². The number of nitrogens with one attached hydrogen (secondary N) is 2. The number of sulfonamides is 1. The fourth-order valence-electron chi connectivity index (χ4n) is 3.01. The van der Waals surface area contributed by atoms with Crippen LogP contribution in [-0.2, 0) is 21.2 Å². The molecule has 0 aliphatic carbocycles. The maximum absolute atomic E-state index is 13.0. The summed E-state index contributed by atoms with van der Waals surface area (Å²) in [6, 6.07) is 13.2. The van der Waals surface area contributed by atoms with Gasteiger partial charge >= 0.3 is 0 Å². The summed E-state index contributed by atoms with van der Waals surface area (Å²) in [7, 11) is -3.89. The molecule has 7 heteroatoms. The standard InChI is InChI=1S/C23H32N2O4S/c1-5-29-22-12-11-20(15-18(22)4)30(27,28)25-21(16-19-9-7-6-8-10-19)23(26)24-14-13-17(2)3/h6-12,15,17,21,25H,5,13-14,16H2,1-4H3,(H,24,26)/t21-/m1/s1. The molecule has 2 aromatic carbocycles. The van der Waals surface area contributed by atoms with Crippen LogP contribution in [0.2, 0.25) is 0 Å². The van der Waals surface area contributed by atoms with Gasteiger partial charge in [-0.25, -0.2) is 8.42 Å². The molecule has 30 heavy (non-hydrogen) atoms. The van der Waals surface area contributed by atoms with Crippen molar-refractivity contribution in [1.82, 2.24) is 10.0 Å². The van der Waals surface area contributed by atoms with Crippen LogP contribution in [0.1, 0.15) is 38.3 Å². The Morgan fingerprint density at radius 1 is 1.10 bits per heavy atom. The highest BCUT2D eigenvalue weighted by molar-refractivity contribution is 7.89. The summed E-state index contributed by atoms with van der Waals surface area (Å²) < 4.78 is 34.1. The van der Waals surface area contributed by atoms with Gasteiger partial charge < -0.3 is 10.1 Å². The molecule has 0 fully saturated rings. The van der Waals surface area contributed by atoms with Crippen molar-refractivity contribution in [3.8, 4) is 5.75 Å². The minimum absolute atomic E-state index is 0.108. The first kappa shape index (κ1) is 23.9. The smallest absolute Gasteiger partial charge is 0.241 e. The summed E-state index contributed by atoms with van der Waals surface area (Å²) in [5, 5.41) is 2.86. The highest BCUT2D eigenvalue weighted by Crippen LogP contribution is 2.22. The van der Waals surface area contributed by atoms with E-state index in [1.54, 1.807) is 19.1 Å². The van der Waals surface area contributed by atoms with E-state index < -0.39 is 16.1 Å². The first-order valence-corrected chi connectivity index (χ1v) is 11.8.